The maximum absolute atomic E-state index is 13.9. The highest BCUT2D eigenvalue weighted by atomic mass is 32.2. The number of hydrogen-bond acceptors (Lipinski definition) is 17. The number of carboxylic acids is 1. The van der Waals surface area contributed by atoms with Crippen LogP contribution in [0, 0.1) is 0 Å². The number of fused-ring (bicyclic) bond motifs is 3. The van der Waals surface area contributed by atoms with Crippen molar-refractivity contribution in [2.24, 2.45) is 0 Å². The third kappa shape index (κ3) is 11.3. The number of nitrogen functional groups attached to an aromatic ring is 1. The second kappa shape index (κ2) is 23.4. The van der Waals surface area contributed by atoms with E-state index in [0.717, 1.165) is 69.8 Å². The molecule has 2 unspecified atom stereocenters. The number of nitrogens with two attached hydrogens (primary N) is 1. The number of anilines is 4. The lowest BCUT2D eigenvalue weighted by atomic mass is 9.68. The first-order chi connectivity index (χ1) is 40.2. The predicted molar refractivity (Wildman–Crippen MR) is 313 cm³/mol. The van der Waals surface area contributed by atoms with Gasteiger partial charge in [-0.1, -0.05) is 84.9 Å². The summed E-state index contributed by atoms with van der Waals surface area (Å²) in [7, 11) is -8.44. The summed E-state index contributed by atoms with van der Waals surface area (Å²) in [6.07, 6.45) is -2.26. The minimum atomic E-state index is -4.35. The zero-order valence-corrected chi connectivity index (χ0v) is 45.9. The Balaban J connectivity index is 0.796. The van der Waals surface area contributed by atoms with Gasteiger partial charge in [0.1, 0.15) is 59.9 Å². The number of carbonyl (C=O) groups is 2. The van der Waals surface area contributed by atoms with Crippen molar-refractivity contribution in [1.29, 1.82) is 0 Å². The van der Waals surface area contributed by atoms with Crippen molar-refractivity contribution in [2.75, 3.05) is 48.0 Å². The normalized spacial score (nSPS) is 13.2. The molecule has 9 aromatic carbocycles. The highest BCUT2D eigenvalue weighted by molar-refractivity contribution is 7.91. The molecule has 0 saturated carbocycles. The summed E-state index contributed by atoms with van der Waals surface area (Å²) in [6.45, 7) is -0.656. The molecule has 0 bridgehead atoms. The third-order valence-electron chi connectivity index (χ3n) is 14.3. The van der Waals surface area contributed by atoms with Gasteiger partial charge in [0.25, 0.3) is 5.91 Å². The van der Waals surface area contributed by atoms with Crippen molar-refractivity contribution < 1.29 is 71.6 Å². The van der Waals surface area contributed by atoms with E-state index in [1.54, 1.807) is 12.1 Å². The largest absolute Gasteiger partial charge is 0.506 e. The number of aromatic hydroxyl groups is 4. The van der Waals surface area contributed by atoms with Crippen LogP contribution in [0.1, 0.15) is 43.0 Å². The van der Waals surface area contributed by atoms with Crippen LogP contribution in [0.25, 0.3) is 11.1 Å². The fraction of sp³-hybridized carbons (Fsp3) is 0.111. The molecule has 1 amide bonds. The SMILES string of the molecule is Nc1cc(S(=O)(=O)c2ccc(O)c(NCC(O)COc3ccc(C4(c5ccc(OCC(O)CNc6cc(S(=O)(=O)c7ccc(O)c(NC(=O)c8ccccc8C(=O)O)c7)ccc6O)cc5)c5ccccc5-c5ccccc54)cc3)c2)ccc1O. The molecule has 1 aliphatic rings. The Morgan fingerprint density at radius 1 is 0.476 bits per heavy atom. The van der Waals surface area contributed by atoms with E-state index >= 15 is 0 Å². The molecule has 428 valence electrons. The highest BCUT2D eigenvalue weighted by Crippen LogP contribution is 2.56. The summed E-state index contributed by atoms with van der Waals surface area (Å²) in [4.78, 5) is 23.8. The second-order valence-corrected chi connectivity index (χ2v) is 23.5. The van der Waals surface area contributed by atoms with E-state index in [-0.39, 0.29) is 97.0 Å². The first-order valence-corrected chi connectivity index (χ1v) is 28.9. The summed E-state index contributed by atoms with van der Waals surface area (Å²) in [6, 6.07) is 50.6. The van der Waals surface area contributed by atoms with Crippen molar-refractivity contribution in [3.63, 3.8) is 0 Å². The van der Waals surface area contributed by atoms with Crippen molar-refractivity contribution in [1.82, 2.24) is 0 Å². The number of benzene rings is 9. The molecule has 0 aliphatic heterocycles. The van der Waals surface area contributed by atoms with Crippen LogP contribution in [0.4, 0.5) is 22.7 Å². The fourth-order valence-electron chi connectivity index (χ4n) is 10.0. The van der Waals surface area contributed by atoms with Crippen molar-refractivity contribution >= 4 is 54.3 Å². The molecule has 12 N–H and O–H groups in total. The molecule has 19 nitrogen and oxygen atoms in total. The van der Waals surface area contributed by atoms with Gasteiger partial charge in [-0.15, -0.1) is 0 Å². The van der Waals surface area contributed by atoms with Crippen LogP contribution in [0.2, 0.25) is 0 Å². The van der Waals surface area contributed by atoms with E-state index in [4.69, 9.17) is 15.2 Å². The minimum Gasteiger partial charge on any atom is -0.506 e. The Hall–Kier alpha value is -10.1. The Morgan fingerprint density at radius 3 is 1.30 bits per heavy atom. The number of rotatable bonds is 21. The molecular formula is C63H54N4O15S2. The predicted octanol–water partition coefficient (Wildman–Crippen LogP) is 8.77. The topological polar surface area (TPSA) is 325 Å². The van der Waals surface area contributed by atoms with Gasteiger partial charge in [-0.25, -0.2) is 21.6 Å². The van der Waals surface area contributed by atoms with Crippen LogP contribution in [0.5, 0.6) is 34.5 Å². The first-order valence-electron chi connectivity index (χ1n) is 26.0. The number of phenols is 4. The molecule has 1 aliphatic carbocycles. The van der Waals surface area contributed by atoms with E-state index in [1.807, 2.05) is 60.7 Å². The van der Waals surface area contributed by atoms with Crippen LogP contribution in [0.3, 0.4) is 0 Å². The zero-order chi connectivity index (χ0) is 59.5. The Kier molecular flexibility index (Phi) is 15.9. The van der Waals surface area contributed by atoms with Crippen LogP contribution in [-0.4, -0.2) is 103 Å². The summed E-state index contributed by atoms with van der Waals surface area (Å²) in [5.74, 6) is -2.67. The van der Waals surface area contributed by atoms with Gasteiger partial charge in [0.15, 0.2) is 0 Å². The summed E-state index contributed by atoms with van der Waals surface area (Å²) in [5.41, 5.74) is 9.98. The minimum absolute atomic E-state index is 0.0250. The van der Waals surface area contributed by atoms with Gasteiger partial charge in [-0.2, -0.15) is 0 Å². The van der Waals surface area contributed by atoms with E-state index in [9.17, 15) is 62.2 Å². The maximum Gasteiger partial charge on any atom is 0.336 e. The summed E-state index contributed by atoms with van der Waals surface area (Å²) >= 11 is 0. The van der Waals surface area contributed by atoms with Crippen molar-refractivity contribution in [2.45, 2.75) is 37.2 Å². The molecule has 0 aromatic heterocycles. The van der Waals surface area contributed by atoms with Gasteiger partial charge in [0.2, 0.25) is 19.7 Å². The molecule has 84 heavy (non-hydrogen) atoms. The first kappa shape index (κ1) is 57.2. The van der Waals surface area contributed by atoms with Gasteiger partial charge in [-0.05, 0) is 143 Å². The number of aliphatic hydroxyl groups is 2. The average Bonchev–Trinajstić information content (AvgIpc) is 2.01. The number of aliphatic hydroxyl groups excluding tert-OH is 2. The molecule has 0 fully saturated rings. The standard InChI is InChI=1S/C63H54N4O15S2/c64-53-29-43(21-25-57(53)70)83(77,78)44-22-26-58(71)54(30-44)65-33-39(68)35-81-41-17-13-37(14-18-41)63(51-11-5-3-7-47(51)48-8-4-6-12-52(48)63)38-15-19-42(20-16-38)82-36-40(69)34-66-55-31-45(23-27-59(55)72)84(79,80)46-24-28-60(73)56(32-46)67-61(74)49-9-1-2-10-50(49)62(75)76/h1-32,39-40,65-66,68-73H,33-36,64H2,(H,67,74)(H,75,76). The van der Waals surface area contributed by atoms with Crippen molar-refractivity contribution in [3.8, 4) is 45.6 Å². The molecule has 10 rings (SSSR count). The number of carbonyl (C=O) groups excluding carboxylic acids is 1. The molecule has 2 atom stereocenters. The van der Waals surface area contributed by atoms with Gasteiger partial charge in [0.05, 0.1) is 58.9 Å². The number of hydrogen-bond donors (Lipinski definition) is 11. The van der Waals surface area contributed by atoms with Crippen molar-refractivity contribution in [3.05, 3.63) is 228 Å². The molecule has 0 saturated heterocycles. The van der Waals surface area contributed by atoms with E-state index in [2.05, 4.69) is 40.2 Å². The molecule has 21 heteroatoms. The lowest BCUT2D eigenvalue weighted by molar-refractivity contribution is 0.0692. The quantitative estimate of drug-likeness (QED) is 0.0236. The maximum atomic E-state index is 13.9. The average molecular weight is 1170 g/mol. The van der Waals surface area contributed by atoms with Crippen LogP contribution in [0.15, 0.2) is 214 Å². The zero-order valence-electron chi connectivity index (χ0n) is 44.2. The molecule has 9 aromatic rings. The van der Waals surface area contributed by atoms with Gasteiger partial charge in [-0.3, -0.25) is 4.79 Å². The second-order valence-electron chi connectivity index (χ2n) is 19.7. The number of aromatic carboxylic acids is 1. The number of carboxylic acid groups (broad SMARTS) is 1. The van der Waals surface area contributed by atoms with Gasteiger partial charge < -0.3 is 66.9 Å². The smallest absolute Gasteiger partial charge is 0.336 e. The van der Waals surface area contributed by atoms with Crippen LogP contribution in [-0.2, 0) is 25.1 Å². The fourth-order valence-corrected chi connectivity index (χ4v) is 12.7. The third-order valence-corrected chi connectivity index (χ3v) is 17.8. The van der Waals surface area contributed by atoms with Gasteiger partial charge >= 0.3 is 5.97 Å². The number of ether oxygens (including phenoxy) is 2. The molecular weight excluding hydrogens is 1120 g/mol. The number of nitrogens with one attached hydrogen (secondary N) is 3. The molecule has 0 spiro atoms. The lowest BCUT2D eigenvalue weighted by Crippen LogP contribution is -2.29. The number of sulfone groups is 2. The number of phenolic OH excluding ortho intramolecular Hbond substituents is 4. The number of amides is 1. The molecule has 0 radical (unpaired) electrons. The monoisotopic (exact) mass is 1170 g/mol. The summed E-state index contributed by atoms with van der Waals surface area (Å²) in [5, 5.41) is 81.3. The van der Waals surface area contributed by atoms with Crippen LogP contribution < -0.4 is 31.2 Å². The molecule has 0 heterocycles. The Morgan fingerprint density at radius 2 is 0.857 bits per heavy atom. The van der Waals surface area contributed by atoms with E-state index in [0.29, 0.717) is 11.5 Å². The Labute approximate surface area is 482 Å². The Bertz CT molecular complexity index is 4170. The highest BCUT2D eigenvalue weighted by Gasteiger charge is 2.46. The van der Waals surface area contributed by atoms with Crippen LogP contribution >= 0.6 is 0 Å². The van der Waals surface area contributed by atoms with E-state index < -0.39 is 54.9 Å². The van der Waals surface area contributed by atoms with Gasteiger partial charge in [0, 0.05) is 13.1 Å². The summed E-state index contributed by atoms with van der Waals surface area (Å²) < 4.78 is 66.5. The lowest BCUT2D eigenvalue weighted by Gasteiger charge is -2.34. The van der Waals surface area contributed by atoms with E-state index in [1.165, 1.54) is 60.7 Å².